The van der Waals surface area contributed by atoms with Crippen LogP contribution in [0.2, 0.25) is 5.02 Å². The van der Waals surface area contributed by atoms with Gasteiger partial charge in [0.05, 0.1) is 16.8 Å². The van der Waals surface area contributed by atoms with Crippen LogP contribution in [-0.2, 0) is 29.1 Å². The molecule has 2 N–H and O–H groups in total. The zero-order valence-electron chi connectivity index (χ0n) is 31.3. The van der Waals surface area contributed by atoms with Crippen molar-refractivity contribution in [2.24, 2.45) is 17.3 Å². The topological polar surface area (TPSA) is 164 Å². The number of sulfonamides is 1. The summed E-state index contributed by atoms with van der Waals surface area (Å²) >= 11 is 6.21. The summed E-state index contributed by atoms with van der Waals surface area (Å²) in [5, 5.41) is 6.89. The highest BCUT2D eigenvalue weighted by molar-refractivity contribution is 7.91. The van der Waals surface area contributed by atoms with Gasteiger partial charge in [-0.05, 0) is 93.4 Å². The summed E-state index contributed by atoms with van der Waals surface area (Å²) in [6, 6.07) is 4.72. The number of pyridine rings is 1. The van der Waals surface area contributed by atoms with Crippen molar-refractivity contribution in [1.82, 2.24) is 24.8 Å². The Balaban J connectivity index is 1.16. The second kappa shape index (κ2) is 14.0. The Kier molecular flexibility index (Phi) is 9.94. The lowest BCUT2D eigenvalue weighted by Gasteiger charge is -2.35. The fourth-order valence-corrected chi connectivity index (χ4v) is 10.8. The fraction of sp³-hybridized carbons (Fsp3) is 0.615. The zero-order chi connectivity index (χ0) is 38.8. The van der Waals surface area contributed by atoms with Crippen molar-refractivity contribution in [3.63, 3.8) is 0 Å². The van der Waals surface area contributed by atoms with Gasteiger partial charge in [-0.15, -0.1) is 6.58 Å². The molecule has 1 aromatic heterocycles. The second-order valence-electron chi connectivity index (χ2n) is 16.8. The van der Waals surface area contributed by atoms with Crippen LogP contribution in [0.25, 0.3) is 10.9 Å². The number of likely N-dealkylation sites (tertiary alicyclic amines) is 1. The predicted octanol–water partition coefficient (Wildman–Crippen LogP) is 5.11. The van der Waals surface area contributed by atoms with Crippen molar-refractivity contribution >= 4 is 56.3 Å². The van der Waals surface area contributed by atoms with E-state index in [2.05, 4.69) is 22.2 Å². The first-order chi connectivity index (χ1) is 25.5. The van der Waals surface area contributed by atoms with Crippen molar-refractivity contribution in [3.05, 3.63) is 48.1 Å². The molecule has 5 aliphatic rings. The average Bonchev–Trinajstić information content (AvgIpc) is 4.07. The van der Waals surface area contributed by atoms with E-state index in [0.29, 0.717) is 34.5 Å². The summed E-state index contributed by atoms with van der Waals surface area (Å²) < 4.78 is 39.7. The molecule has 5 fully saturated rings. The minimum Gasteiger partial charge on any atom is -0.488 e. The van der Waals surface area contributed by atoms with Gasteiger partial charge in [-0.3, -0.25) is 19.4 Å². The number of carbonyl (C=O) groups is 4. The third-order valence-corrected chi connectivity index (χ3v) is 14.9. The van der Waals surface area contributed by atoms with Gasteiger partial charge in [-0.25, -0.2) is 17.5 Å². The molecule has 2 heterocycles. The number of nitrogens with zero attached hydrogens (tertiary/aromatic N) is 3. The third-order valence-electron chi connectivity index (χ3n) is 12.0. The predicted molar refractivity (Wildman–Crippen MR) is 202 cm³/mol. The number of ether oxygens (including phenoxy) is 2. The molecule has 0 radical (unpaired) electrons. The molecule has 0 bridgehead atoms. The largest absolute Gasteiger partial charge is 0.488 e. The molecule has 54 heavy (non-hydrogen) atoms. The summed E-state index contributed by atoms with van der Waals surface area (Å²) in [5.41, 5.74) is -1.72. The zero-order valence-corrected chi connectivity index (χ0v) is 32.9. The monoisotopic (exact) mass is 783 g/mol. The van der Waals surface area contributed by atoms with E-state index in [9.17, 15) is 27.6 Å². The molecule has 1 aromatic carbocycles. The van der Waals surface area contributed by atoms with Gasteiger partial charge in [0.1, 0.15) is 35.6 Å². The average molecular weight is 784 g/mol. The third kappa shape index (κ3) is 7.04. The molecular formula is C39H50ClN5O8S. The Morgan fingerprint density at radius 1 is 1.09 bits per heavy atom. The Morgan fingerprint density at radius 2 is 1.80 bits per heavy atom. The molecule has 4 amide bonds. The molecule has 7 rings (SSSR count). The smallest absolute Gasteiger partial charge is 0.408 e. The van der Waals surface area contributed by atoms with Crippen LogP contribution in [0, 0.1) is 17.3 Å². The number of amides is 4. The Bertz CT molecular complexity index is 1970. The van der Waals surface area contributed by atoms with Crippen molar-refractivity contribution in [3.8, 4) is 5.75 Å². The quantitative estimate of drug-likeness (QED) is 0.279. The molecule has 5 unspecified atom stereocenters. The maximum atomic E-state index is 14.6. The van der Waals surface area contributed by atoms with Gasteiger partial charge in [0, 0.05) is 36.0 Å². The summed E-state index contributed by atoms with van der Waals surface area (Å²) in [5.74, 6) is -1.85. The maximum absolute atomic E-state index is 14.6. The number of halogens is 1. The van der Waals surface area contributed by atoms with Crippen LogP contribution in [-0.4, -0.2) is 94.6 Å². The highest BCUT2D eigenvalue weighted by Gasteiger charge is 2.68. The molecule has 292 valence electrons. The minimum absolute atomic E-state index is 0.00964. The molecule has 0 spiro atoms. The number of carbonyl (C=O) groups excluding carboxylic acids is 4. The highest BCUT2D eigenvalue weighted by atomic mass is 35.5. The first-order valence-electron chi connectivity index (χ1n) is 19.0. The second-order valence-corrected chi connectivity index (χ2v) is 19.6. The van der Waals surface area contributed by atoms with Crippen LogP contribution in [0.1, 0.15) is 85.0 Å². The molecule has 2 aromatic rings. The number of hydrogen-bond donors (Lipinski definition) is 2. The molecule has 1 aliphatic heterocycles. The van der Waals surface area contributed by atoms with Crippen LogP contribution in [0.15, 0.2) is 43.1 Å². The number of hydrogen-bond acceptors (Lipinski definition) is 9. The van der Waals surface area contributed by atoms with E-state index >= 15 is 0 Å². The standard InChI is InChI=1S/C39H50ClN5O8S/c1-6-23-21-39(23,35(48)44(5)54(50,51)38(16-17-38)24-11-12-24)43-33(46)30-20-27(52-31-15-18-41-29-19-25(40)13-14-28(29)31)22-45(30)34(47)32(37(2,3)4)42-36(49)53-26-9-7-8-10-26/h6,13-15,18-19,23-24,26-27,30,32H,1,7-12,16-17,20-22H2,2-5H3,(H,42,49)(H,43,46). The Hall–Kier alpha value is -3.91. The number of fused-ring (bicyclic) bond motifs is 1. The van der Waals surface area contributed by atoms with E-state index in [-0.39, 0.29) is 31.4 Å². The molecule has 4 saturated carbocycles. The summed E-state index contributed by atoms with van der Waals surface area (Å²) in [7, 11) is -2.71. The lowest BCUT2D eigenvalue weighted by molar-refractivity contribution is -0.143. The van der Waals surface area contributed by atoms with Crippen molar-refractivity contribution in [1.29, 1.82) is 0 Å². The first kappa shape index (κ1) is 38.4. The minimum atomic E-state index is -3.98. The van der Waals surface area contributed by atoms with Crippen LogP contribution < -0.4 is 15.4 Å². The number of likely N-dealkylation sites (N-methyl/N-ethyl adjacent to an activating group) is 1. The van der Waals surface area contributed by atoms with Crippen LogP contribution in [0.3, 0.4) is 0 Å². The molecule has 15 heteroatoms. The van der Waals surface area contributed by atoms with Crippen molar-refractivity contribution < 1.29 is 37.1 Å². The lowest BCUT2D eigenvalue weighted by atomic mass is 9.85. The first-order valence-corrected chi connectivity index (χ1v) is 20.8. The number of benzene rings is 1. The summed E-state index contributed by atoms with van der Waals surface area (Å²) in [6.45, 7) is 9.29. The highest BCUT2D eigenvalue weighted by Crippen LogP contribution is 2.60. The van der Waals surface area contributed by atoms with Gasteiger partial charge in [0.25, 0.3) is 5.91 Å². The van der Waals surface area contributed by atoms with E-state index in [1.54, 1.807) is 36.5 Å². The van der Waals surface area contributed by atoms with E-state index < -0.39 is 73.6 Å². The number of rotatable bonds is 12. The Labute approximate surface area is 321 Å². The van der Waals surface area contributed by atoms with Gasteiger partial charge < -0.3 is 25.0 Å². The SMILES string of the molecule is C=CC1CC1(NC(=O)C1CC(Oc2ccnc3cc(Cl)ccc23)CN1C(=O)C(NC(=O)OC1CCCC1)C(C)(C)C)C(=O)N(C)S(=O)(=O)C1(C2CC2)CC1. The molecule has 4 aliphatic carbocycles. The van der Waals surface area contributed by atoms with E-state index in [4.69, 9.17) is 21.1 Å². The number of alkyl carbamates (subject to hydrolysis) is 1. The van der Waals surface area contributed by atoms with E-state index in [1.807, 2.05) is 20.8 Å². The van der Waals surface area contributed by atoms with Crippen molar-refractivity contribution in [2.45, 2.75) is 120 Å². The lowest BCUT2D eigenvalue weighted by Crippen LogP contribution is -2.60. The number of nitrogens with one attached hydrogen (secondary N) is 2. The number of aromatic nitrogens is 1. The normalized spacial score (nSPS) is 26.8. The van der Waals surface area contributed by atoms with E-state index in [0.717, 1.165) is 42.8 Å². The Morgan fingerprint density at radius 3 is 2.41 bits per heavy atom. The van der Waals surface area contributed by atoms with Crippen molar-refractivity contribution in [2.75, 3.05) is 13.6 Å². The molecule has 5 atom stereocenters. The molecule has 1 saturated heterocycles. The van der Waals surface area contributed by atoms with Gasteiger partial charge in [0.2, 0.25) is 21.8 Å². The molecular weight excluding hydrogens is 734 g/mol. The van der Waals surface area contributed by atoms with Gasteiger partial charge in [0.15, 0.2) is 0 Å². The maximum Gasteiger partial charge on any atom is 0.408 e. The van der Waals surface area contributed by atoms with Gasteiger partial charge >= 0.3 is 6.09 Å². The summed E-state index contributed by atoms with van der Waals surface area (Å²) in [6.07, 6.45) is 7.87. The molecule has 13 nitrogen and oxygen atoms in total. The van der Waals surface area contributed by atoms with Gasteiger partial charge in [-0.1, -0.05) is 38.4 Å². The fourth-order valence-electron chi connectivity index (χ4n) is 8.47. The van der Waals surface area contributed by atoms with Crippen LogP contribution >= 0.6 is 11.6 Å². The summed E-state index contributed by atoms with van der Waals surface area (Å²) in [4.78, 5) is 62.2. The van der Waals surface area contributed by atoms with Crippen LogP contribution in [0.5, 0.6) is 5.75 Å². The van der Waals surface area contributed by atoms with Gasteiger partial charge in [-0.2, -0.15) is 0 Å². The van der Waals surface area contributed by atoms with E-state index in [1.165, 1.54) is 11.9 Å². The van der Waals surface area contributed by atoms with Crippen LogP contribution in [0.4, 0.5) is 4.79 Å².